The van der Waals surface area contributed by atoms with Crippen LogP contribution in [-0.2, 0) is 14.6 Å². The van der Waals surface area contributed by atoms with Gasteiger partial charge in [0.1, 0.15) is 5.84 Å². The summed E-state index contributed by atoms with van der Waals surface area (Å²) < 4.78 is 29.7. The molecule has 0 amide bonds. The van der Waals surface area contributed by atoms with Gasteiger partial charge in [-0.15, -0.1) is 0 Å². The van der Waals surface area contributed by atoms with E-state index in [4.69, 9.17) is 26.3 Å². The molecule has 0 fully saturated rings. The van der Waals surface area contributed by atoms with Crippen molar-refractivity contribution in [3.63, 3.8) is 0 Å². The summed E-state index contributed by atoms with van der Waals surface area (Å²) in [4.78, 5) is 11.5. The van der Waals surface area contributed by atoms with Gasteiger partial charge in [0.05, 0.1) is 22.7 Å². The summed E-state index contributed by atoms with van der Waals surface area (Å²) >= 11 is 6.11. The first-order chi connectivity index (χ1) is 17.2. The molecular weight excluding hydrogens is 498 g/mol. The van der Waals surface area contributed by atoms with E-state index in [0.29, 0.717) is 22.1 Å². The monoisotopic (exact) mass is 521 g/mol. The molecule has 2 atom stereocenters. The molecule has 5 rings (SSSR count). The molecule has 7 nitrogen and oxygen atoms in total. The molecule has 0 saturated carbocycles. The predicted molar refractivity (Wildman–Crippen MR) is 141 cm³/mol. The Morgan fingerprint density at radius 3 is 2.36 bits per heavy atom. The maximum absolute atomic E-state index is 11.9. The minimum absolute atomic E-state index is 0.0881. The van der Waals surface area contributed by atoms with E-state index in [9.17, 15) is 13.5 Å². The van der Waals surface area contributed by atoms with Gasteiger partial charge in [0, 0.05) is 35.0 Å². The number of aliphatic hydroxyl groups is 1. The Bertz CT molecular complexity index is 1560. The number of benzene rings is 3. The first-order valence-electron chi connectivity index (χ1n) is 11.2. The van der Waals surface area contributed by atoms with E-state index in [1.54, 1.807) is 24.3 Å². The summed E-state index contributed by atoms with van der Waals surface area (Å²) in [7, 11) is -1.84. The van der Waals surface area contributed by atoms with Crippen LogP contribution in [0.25, 0.3) is 10.9 Å². The largest absolute Gasteiger partial charge is 0.370 e. The zero-order valence-corrected chi connectivity index (χ0v) is 21.2. The number of β-amino-alcohol motifs (C(OH)–C–C–N with tert-alkyl or cyclic N) is 1. The third kappa shape index (κ3) is 4.60. The molecule has 1 aliphatic rings. The van der Waals surface area contributed by atoms with Crippen LogP contribution in [0.2, 0.25) is 5.02 Å². The smallest absolute Gasteiger partial charge is 0.208 e. The van der Waals surface area contributed by atoms with Crippen LogP contribution in [0.5, 0.6) is 0 Å². The van der Waals surface area contributed by atoms with Crippen molar-refractivity contribution in [1.29, 1.82) is 0 Å². The van der Waals surface area contributed by atoms with Crippen molar-refractivity contribution >= 4 is 43.9 Å². The normalized spacial score (nSPS) is 18.9. The fraction of sp³-hybridized carbons (Fsp3) is 0.185. The van der Waals surface area contributed by atoms with Gasteiger partial charge in [0.25, 0.3) is 0 Å². The van der Waals surface area contributed by atoms with Crippen LogP contribution < -0.4 is 4.90 Å². The van der Waals surface area contributed by atoms with E-state index in [0.717, 1.165) is 22.8 Å². The van der Waals surface area contributed by atoms with Crippen molar-refractivity contribution in [3.05, 3.63) is 101 Å². The first-order valence-corrected chi connectivity index (χ1v) is 13.5. The molecule has 2 unspecified atom stereocenters. The number of fused-ring (bicyclic) bond motifs is 1. The van der Waals surface area contributed by atoms with E-state index >= 15 is 0 Å². The number of sulfone groups is 1. The lowest BCUT2D eigenvalue weighted by Gasteiger charge is -2.30. The number of halogens is 1. The number of rotatable bonds is 6. The zero-order valence-electron chi connectivity index (χ0n) is 19.7. The molecule has 0 spiro atoms. The number of methoxy groups -OCH3 is 1. The van der Waals surface area contributed by atoms with E-state index in [1.165, 1.54) is 19.2 Å². The van der Waals surface area contributed by atoms with Gasteiger partial charge in [-0.3, -0.25) is 0 Å². The van der Waals surface area contributed by atoms with Crippen molar-refractivity contribution in [2.24, 2.45) is 4.99 Å². The Labute approximate surface area is 214 Å². The summed E-state index contributed by atoms with van der Waals surface area (Å²) in [5.41, 5.74) is 1.08. The van der Waals surface area contributed by atoms with Crippen LogP contribution >= 0.6 is 11.6 Å². The Balaban J connectivity index is 1.60. The van der Waals surface area contributed by atoms with Crippen molar-refractivity contribution < 1.29 is 18.3 Å². The quantitative estimate of drug-likeness (QED) is 0.397. The number of pyridine rings is 1. The molecule has 3 aromatic carbocycles. The molecule has 2 heterocycles. The number of aliphatic imine (C=N–C) groups is 1. The van der Waals surface area contributed by atoms with Gasteiger partial charge in [0.2, 0.25) is 5.72 Å². The number of hydrogen-bond donors (Lipinski definition) is 1. The Morgan fingerprint density at radius 1 is 1.00 bits per heavy atom. The fourth-order valence-corrected chi connectivity index (χ4v) is 5.17. The molecule has 0 bridgehead atoms. The third-order valence-corrected chi connectivity index (χ3v) is 7.55. The van der Waals surface area contributed by atoms with E-state index < -0.39 is 21.7 Å². The van der Waals surface area contributed by atoms with Crippen LogP contribution in [-0.4, -0.2) is 50.0 Å². The average Bonchev–Trinajstić information content (AvgIpc) is 3.22. The number of hydrogen-bond acceptors (Lipinski definition) is 7. The molecule has 0 radical (unpaired) electrons. The first kappa shape index (κ1) is 24.4. The molecule has 184 valence electrons. The fourth-order valence-electron chi connectivity index (χ4n) is 4.41. The van der Waals surface area contributed by atoms with E-state index in [-0.39, 0.29) is 11.4 Å². The SMILES string of the molecule is COC(c1ccc2ccccc2n1)C1(O)CN(c2ccc(Cl)cc2)C(c2ccc(S(C)(=O)=O)cc2)=N1. The van der Waals surface area contributed by atoms with Crippen LogP contribution in [0, 0.1) is 0 Å². The van der Waals surface area contributed by atoms with Gasteiger partial charge < -0.3 is 14.7 Å². The number of aromatic nitrogens is 1. The summed E-state index contributed by atoms with van der Waals surface area (Å²) in [6.45, 7) is 0.0881. The Morgan fingerprint density at radius 2 is 1.69 bits per heavy atom. The molecule has 36 heavy (non-hydrogen) atoms. The second kappa shape index (κ2) is 9.29. The van der Waals surface area contributed by atoms with Crippen molar-refractivity contribution in [2.45, 2.75) is 16.7 Å². The van der Waals surface area contributed by atoms with Crippen molar-refractivity contribution in [1.82, 2.24) is 4.98 Å². The van der Waals surface area contributed by atoms with E-state index in [2.05, 4.69) is 0 Å². The molecule has 1 aromatic heterocycles. The number of anilines is 1. The lowest BCUT2D eigenvalue weighted by Crippen LogP contribution is -2.42. The summed E-state index contributed by atoms with van der Waals surface area (Å²) in [5, 5.41) is 13.4. The molecule has 1 aliphatic heterocycles. The maximum atomic E-state index is 11.9. The maximum Gasteiger partial charge on any atom is 0.208 e. The zero-order chi connectivity index (χ0) is 25.5. The molecule has 4 aromatic rings. The predicted octanol–water partition coefficient (Wildman–Crippen LogP) is 4.63. The number of ether oxygens (including phenoxy) is 1. The minimum atomic E-state index is -3.35. The van der Waals surface area contributed by atoms with Crippen molar-refractivity contribution in [3.8, 4) is 0 Å². The molecule has 0 aliphatic carbocycles. The lowest BCUT2D eigenvalue weighted by molar-refractivity contribution is -0.0813. The van der Waals surface area contributed by atoms with Gasteiger partial charge in [-0.25, -0.2) is 18.4 Å². The summed E-state index contributed by atoms with van der Waals surface area (Å²) in [6.07, 6.45) is 0.304. The van der Waals surface area contributed by atoms with Gasteiger partial charge in [-0.2, -0.15) is 0 Å². The van der Waals surface area contributed by atoms with Gasteiger partial charge in [0.15, 0.2) is 15.9 Å². The van der Waals surface area contributed by atoms with Gasteiger partial charge >= 0.3 is 0 Å². The highest BCUT2D eigenvalue weighted by molar-refractivity contribution is 7.90. The molecule has 0 saturated heterocycles. The molecular formula is C27H24ClN3O4S. The second-order valence-electron chi connectivity index (χ2n) is 8.72. The summed E-state index contributed by atoms with van der Waals surface area (Å²) in [6, 6.07) is 25.1. The van der Waals surface area contributed by atoms with Crippen molar-refractivity contribution in [2.75, 3.05) is 24.8 Å². The topological polar surface area (TPSA) is 92.1 Å². The standard InChI is InChI=1S/C27H24ClN3O4S/c1-35-25(24-16-9-18-5-3-4-6-23(18)29-24)27(32)17-31(21-12-10-20(28)11-13-21)26(30-27)19-7-14-22(15-8-19)36(2,33)34/h3-16,25,32H,17H2,1-2H3. The Kier molecular flexibility index (Phi) is 6.30. The van der Waals surface area contributed by atoms with Gasteiger partial charge in [-0.1, -0.05) is 35.9 Å². The number of para-hydroxylation sites is 1. The highest BCUT2D eigenvalue weighted by atomic mass is 35.5. The molecule has 9 heteroatoms. The number of nitrogens with zero attached hydrogens (tertiary/aromatic N) is 3. The average molecular weight is 522 g/mol. The Hall–Kier alpha value is -3.30. The van der Waals surface area contributed by atoms with Crippen LogP contribution in [0.3, 0.4) is 0 Å². The van der Waals surface area contributed by atoms with E-state index in [1.807, 2.05) is 53.4 Å². The van der Waals surface area contributed by atoms with Crippen LogP contribution in [0.1, 0.15) is 17.4 Å². The number of amidine groups is 1. The van der Waals surface area contributed by atoms with Crippen LogP contribution in [0.15, 0.2) is 94.8 Å². The molecule has 1 N–H and O–H groups in total. The lowest BCUT2D eigenvalue weighted by atomic mass is 10.0. The minimum Gasteiger partial charge on any atom is -0.370 e. The highest BCUT2D eigenvalue weighted by Crippen LogP contribution is 2.38. The van der Waals surface area contributed by atoms with Crippen LogP contribution in [0.4, 0.5) is 5.69 Å². The highest BCUT2D eigenvalue weighted by Gasteiger charge is 2.47. The summed E-state index contributed by atoms with van der Waals surface area (Å²) in [5.74, 6) is 0.475. The third-order valence-electron chi connectivity index (χ3n) is 6.17. The second-order valence-corrected chi connectivity index (χ2v) is 11.2. The van der Waals surface area contributed by atoms with Gasteiger partial charge in [-0.05, 0) is 60.7 Å².